The molecule has 0 aliphatic rings. The van der Waals surface area contributed by atoms with Crippen molar-refractivity contribution in [3.8, 4) is 5.88 Å². The summed E-state index contributed by atoms with van der Waals surface area (Å²) in [6, 6.07) is 12.3. The summed E-state index contributed by atoms with van der Waals surface area (Å²) in [5, 5.41) is 3.42. The number of nitrogens with one attached hydrogen (secondary N) is 1. The maximum atomic E-state index is 5.03. The van der Waals surface area contributed by atoms with Gasteiger partial charge in [-0.05, 0) is 23.6 Å². The summed E-state index contributed by atoms with van der Waals surface area (Å²) < 4.78 is 5.03. The SMILES string of the molecule is COc1ccc(CNCc2ccccc2C)cn1. The maximum absolute atomic E-state index is 5.03. The summed E-state index contributed by atoms with van der Waals surface area (Å²) in [7, 11) is 1.62. The Hall–Kier alpha value is -1.87. The molecule has 0 bridgehead atoms. The van der Waals surface area contributed by atoms with Gasteiger partial charge in [-0.1, -0.05) is 30.3 Å². The van der Waals surface area contributed by atoms with E-state index in [0.717, 1.165) is 18.7 Å². The molecule has 1 aromatic heterocycles. The predicted molar refractivity (Wildman–Crippen MR) is 72.5 cm³/mol. The number of rotatable bonds is 5. The van der Waals surface area contributed by atoms with Gasteiger partial charge >= 0.3 is 0 Å². The van der Waals surface area contributed by atoms with E-state index in [1.54, 1.807) is 7.11 Å². The lowest BCUT2D eigenvalue weighted by Crippen LogP contribution is -2.13. The lowest BCUT2D eigenvalue weighted by atomic mass is 10.1. The second-order valence-electron chi connectivity index (χ2n) is 4.24. The molecule has 0 saturated heterocycles. The number of aromatic nitrogens is 1. The molecule has 18 heavy (non-hydrogen) atoms. The van der Waals surface area contributed by atoms with Crippen molar-refractivity contribution < 1.29 is 4.74 Å². The normalized spacial score (nSPS) is 10.3. The number of hydrogen-bond donors (Lipinski definition) is 1. The molecule has 3 nitrogen and oxygen atoms in total. The largest absolute Gasteiger partial charge is 0.481 e. The zero-order valence-electron chi connectivity index (χ0n) is 10.8. The molecular formula is C15H18N2O. The molecule has 2 aromatic rings. The topological polar surface area (TPSA) is 34.1 Å². The van der Waals surface area contributed by atoms with Crippen LogP contribution in [-0.2, 0) is 13.1 Å². The van der Waals surface area contributed by atoms with Crippen molar-refractivity contribution in [2.45, 2.75) is 20.0 Å². The average molecular weight is 242 g/mol. The summed E-state index contributed by atoms with van der Waals surface area (Å²) in [4.78, 5) is 4.18. The van der Waals surface area contributed by atoms with Crippen molar-refractivity contribution in [2.75, 3.05) is 7.11 Å². The molecule has 94 valence electrons. The van der Waals surface area contributed by atoms with E-state index < -0.39 is 0 Å². The molecule has 1 heterocycles. The Bertz CT molecular complexity index is 494. The summed E-state index contributed by atoms with van der Waals surface area (Å²) in [6.45, 7) is 3.82. The Morgan fingerprint density at radius 1 is 1.11 bits per heavy atom. The van der Waals surface area contributed by atoms with Crippen LogP contribution in [0, 0.1) is 6.92 Å². The van der Waals surface area contributed by atoms with Crippen molar-refractivity contribution in [1.82, 2.24) is 10.3 Å². The van der Waals surface area contributed by atoms with Crippen LogP contribution in [0.4, 0.5) is 0 Å². The first kappa shape index (κ1) is 12.6. The quantitative estimate of drug-likeness (QED) is 0.875. The van der Waals surface area contributed by atoms with Crippen molar-refractivity contribution in [3.05, 3.63) is 59.3 Å². The number of methoxy groups -OCH3 is 1. The number of aryl methyl sites for hydroxylation is 1. The highest BCUT2D eigenvalue weighted by molar-refractivity contribution is 5.25. The van der Waals surface area contributed by atoms with Gasteiger partial charge in [-0.25, -0.2) is 4.98 Å². The smallest absolute Gasteiger partial charge is 0.212 e. The number of hydrogen-bond acceptors (Lipinski definition) is 3. The van der Waals surface area contributed by atoms with Gasteiger partial charge in [-0.2, -0.15) is 0 Å². The third kappa shape index (κ3) is 3.31. The van der Waals surface area contributed by atoms with E-state index >= 15 is 0 Å². The molecule has 2 rings (SSSR count). The van der Waals surface area contributed by atoms with Gasteiger partial charge in [0.15, 0.2) is 0 Å². The lowest BCUT2D eigenvalue weighted by Gasteiger charge is -2.07. The minimum absolute atomic E-state index is 0.651. The molecule has 0 unspecified atom stereocenters. The highest BCUT2D eigenvalue weighted by atomic mass is 16.5. The van der Waals surface area contributed by atoms with E-state index in [0.29, 0.717) is 5.88 Å². The van der Waals surface area contributed by atoms with E-state index in [1.165, 1.54) is 11.1 Å². The fourth-order valence-electron chi connectivity index (χ4n) is 1.79. The fraction of sp³-hybridized carbons (Fsp3) is 0.267. The Balaban J connectivity index is 1.86. The zero-order valence-corrected chi connectivity index (χ0v) is 10.8. The fourth-order valence-corrected chi connectivity index (χ4v) is 1.79. The minimum atomic E-state index is 0.651. The van der Waals surface area contributed by atoms with Gasteiger partial charge < -0.3 is 10.1 Å². The Labute approximate surface area is 108 Å². The van der Waals surface area contributed by atoms with Crippen molar-refractivity contribution in [2.24, 2.45) is 0 Å². The molecule has 3 heteroatoms. The van der Waals surface area contributed by atoms with Crippen LogP contribution in [0.5, 0.6) is 5.88 Å². The summed E-state index contributed by atoms with van der Waals surface area (Å²) >= 11 is 0. The molecule has 0 saturated carbocycles. The zero-order chi connectivity index (χ0) is 12.8. The third-order valence-corrected chi connectivity index (χ3v) is 2.91. The van der Waals surface area contributed by atoms with Crippen LogP contribution < -0.4 is 10.1 Å². The van der Waals surface area contributed by atoms with Crippen LogP contribution in [0.1, 0.15) is 16.7 Å². The molecule has 0 fully saturated rings. The average Bonchev–Trinajstić information content (AvgIpc) is 2.42. The van der Waals surface area contributed by atoms with E-state index in [2.05, 4.69) is 41.5 Å². The van der Waals surface area contributed by atoms with Crippen molar-refractivity contribution in [3.63, 3.8) is 0 Å². The van der Waals surface area contributed by atoms with Gasteiger partial charge in [0, 0.05) is 25.4 Å². The van der Waals surface area contributed by atoms with Crippen molar-refractivity contribution in [1.29, 1.82) is 0 Å². The van der Waals surface area contributed by atoms with Crippen LogP contribution in [-0.4, -0.2) is 12.1 Å². The van der Waals surface area contributed by atoms with E-state index in [9.17, 15) is 0 Å². The maximum Gasteiger partial charge on any atom is 0.212 e. The molecular weight excluding hydrogens is 224 g/mol. The van der Waals surface area contributed by atoms with Crippen LogP contribution in [0.3, 0.4) is 0 Å². The van der Waals surface area contributed by atoms with E-state index in [4.69, 9.17) is 4.74 Å². The molecule has 0 radical (unpaired) electrons. The molecule has 0 atom stereocenters. The van der Waals surface area contributed by atoms with Gasteiger partial charge in [0.1, 0.15) is 0 Å². The van der Waals surface area contributed by atoms with E-state index in [-0.39, 0.29) is 0 Å². The second-order valence-corrected chi connectivity index (χ2v) is 4.24. The summed E-state index contributed by atoms with van der Waals surface area (Å²) in [6.07, 6.45) is 1.84. The molecule has 1 N–H and O–H groups in total. The lowest BCUT2D eigenvalue weighted by molar-refractivity contribution is 0.397. The number of nitrogens with zero attached hydrogens (tertiary/aromatic N) is 1. The Morgan fingerprint density at radius 2 is 1.94 bits per heavy atom. The van der Waals surface area contributed by atoms with Crippen LogP contribution >= 0.6 is 0 Å². The monoisotopic (exact) mass is 242 g/mol. The molecule has 0 aliphatic carbocycles. The summed E-state index contributed by atoms with van der Waals surface area (Å²) in [5.41, 5.74) is 3.81. The molecule has 0 amide bonds. The minimum Gasteiger partial charge on any atom is -0.481 e. The number of ether oxygens (including phenoxy) is 1. The number of pyridine rings is 1. The van der Waals surface area contributed by atoms with E-state index in [1.807, 2.05) is 18.3 Å². The Morgan fingerprint density at radius 3 is 2.61 bits per heavy atom. The van der Waals surface area contributed by atoms with Gasteiger partial charge in [-0.3, -0.25) is 0 Å². The van der Waals surface area contributed by atoms with Crippen LogP contribution in [0.15, 0.2) is 42.6 Å². The van der Waals surface area contributed by atoms with Crippen molar-refractivity contribution >= 4 is 0 Å². The first-order valence-electron chi connectivity index (χ1n) is 6.04. The Kier molecular flexibility index (Phi) is 4.31. The first-order valence-corrected chi connectivity index (χ1v) is 6.04. The highest BCUT2D eigenvalue weighted by Crippen LogP contribution is 2.08. The van der Waals surface area contributed by atoms with Crippen LogP contribution in [0.25, 0.3) is 0 Å². The highest BCUT2D eigenvalue weighted by Gasteiger charge is 1.98. The van der Waals surface area contributed by atoms with Gasteiger partial charge in [0.2, 0.25) is 5.88 Å². The predicted octanol–water partition coefficient (Wildman–Crippen LogP) is 2.69. The third-order valence-electron chi connectivity index (χ3n) is 2.91. The summed E-state index contributed by atoms with van der Waals surface area (Å²) in [5.74, 6) is 0.651. The van der Waals surface area contributed by atoms with Gasteiger partial charge in [0.25, 0.3) is 0 Å². The molecule has 0 aliphatic heterocycles. The van der Waals surface area contributed by atoms with Gasteiger partial charge in [-0.15, -0.1) is 0 Å². The van der Waals surface area contributed by atoms with Gasteiger partial charge in [0.05, 0.1) is 7.11 Å². The first-order chi connectivity index (χ1) is 8.79. The molecule has 1 aromatic carbocycles. The second kappa shape index (κ2) is 6.17. The molecule has 0 spiro atoms. The standard InChI is InChI=1S/C15H18N2O/c1-12-5-3-4-6-14(12)11-16-9-13-7-8-15(18-2)17-10-13/h3-8,10,16H,9,11H2,1-2H3. The van der Waals surface area contributed by atoms with Crippen LogP contribution in [0.2, 0.25) is 0 Å². The number of benzene rings is 1.